The van der Waals surface area contributed by atoms with Crippen LogP contribution in [0.4, 0.5) is 0 Å². The third-order valence-corrected chi connectivity index (χ3v) is 4.83. The third-order valence-electron chi connectivity index (χ3n) is 4.09. The van der Waals surface area contributed by atoms with Crippen LogP contribution in [0.5, 0.6) is 11.5 Å². The topological polar surface area (TPSA) is 30.5 Å². The second-order valence-corrected chi connectivity index (χ2v) is 7.14. The molecule has 1 aliphatic carbocycles. The molecule has 1 N–H and O–H groups in total. The van der Waals surface area contributed by atoms with Gasteiger partial charge in [0.2, 0.25) is 6.79 Å². The minimum Gasteiger partial charge on any atom is -0.454 e. The van der Waals surface area contributed by atoms with E-state index < -0.39 is 0 Å². The first-order valence-electron chi connectivity index (χ1n) is 6.85. The highest BCUT2D eigenvalue weighted by atomic mass is 79.9. The summed E-state index contributed by atoms with van der Waals surface area (Å²) in [5.41, 5.74) is 1.72. The van der Waals surface area contributed by atoms with E-state index in [-0.39, 0.29) is 0 Å². The number of fused-ring (bicyclic) bond motifs is 1. The maximum absolute atomic E-state index is 5.43. The smallest absolute Gasteiger partial charge is 0.231 e. The number of hydrogen-bond acceptors (Lipinski definition) is 3. The number of nitrogens with one attached hydrogen (secondary N) is 1. The molecule has 104 valence electrons. The van der Waals surface area contributed by atoms with E-state index in [0.29, 0.717) is 18.2 Å². The lowest BCUT2D eigenvalue weighted by atomic mass is 9.92. The van der Waals surface area contributed by atoms with E-state index in [0.717, 1.165) is 22.5 Å². The Morgan fingerprint density at radius 3 is 2.74 bits per heavy atom. The molecule has 0 radical (unpaired) electrons. The van der Waals surface area contributed by atoms with Crippen LogP contribution in [0, 0.1) is 5.41 Å². The minimum atomic E-state index is 0.329. The van der Waals surface area contributed by atoms with Crippen LogP contribution in [0.15, 0.2) is 16.6 Å². The van der Waals surface area contributed by atoms with Crippen LogP contribution in [-0.2, 0) is 6.54 Å². The summed E-state index contributed by atoms with van der Waals surface area (Å²) >= 11 is 3.61. The van der Waals surface area contributed by atoms with E-state index >= 15 is 0 Å². The van der Waals surface area contributed by atoms with Gasteiger partial charge in [-0.15, -0.1) is 0 Å². The molecular formula is C15H20BrNO2. The van der Waals surface area contributed by atoms with Gasteiger partial charge < -0.3 is 14.8 Å². The van der Waals surface area contributed by atoms with Crippen molar-refractivity contribution < 1.29 is 9.47 Å². The average molecular weight is 326 g/mol. The van der Waals surface area contributed by atoms with Crippen molar-refractivity contribution in [3.63, 3.8) is 0 Å². The van der Waals surface area contributed by atoms with Crippen molar-refractivity contribution in [2.45, 2.75) is 45.7 Å². The van der Waals surface area contributed by atoms with E-state index in [9.17, 15) is 0 Å². The molecule has 4 heteroatoms. The average Bonchev–Trinajstić information content (AvgIpc) is 2.92. The van der Waals surface area contributed by atoms with Crippen LogP contribution in [0.1, 0.15) is 38.7 Å². The zero-order valence-electron chi connectivity index (χ0n) is 11.5. The molecule has 1 heterocycles. The Hall–Kier alpha value is -0.740. The Bertz CT molecular complexity index is 487. The molecule has 0 aromatic heterocycles. The highest BCUT2D eigenvalue weighted by molar-refractivity contribution is 9.10. The van der Waals surface area contributed by atoms with Crippen LogP contribution < -0.4 is 14.8 Å². The SMILES string of the molecule is CC1(C)CCC(NCc2cc3c(cc2Br)OCO3)C1. The van der Waals surface area contributed by atoms with Gasteiger partial charge in [-0.1, -0.05) is 29.8 Å². The first-order chi connectivity index (χ1) is 9.03. The fraction of sp³-hybridized carbons (Fsp3) is 0.600. The maximum atomic E-state index is 5.43. The molecule has 1 atom stereocenters. The molecule has 1 fully saturated rings. The molecule has 0 saturated heterocycles. The van der Waals surface area contributed by atoms with Crippen molar-refractivity contribution in [1.29, 1.82) is 0 Å². The highest BCUT2D eigenvalue weighted by Crippen LogP contribution is 2.39. The summed E-state index contributed by atoms with van der Waals surface area (Å²) in [4.78, 5) is 0. The van der Waals surface area contributed by atoms with Gasteiger partial charge in [-0.3, -0.25) is 0 Å². The lowest BCUT2D eigenvalue weighted by Crippen LogP contribution is -2.26. The summed E-state index contributed by atoms with van der Waals surface area (Å²) in [6, 6.07) is 4.70. The largest absolute Gasteiger partial charge is 0.454 e. The Morgan fingerprint density at radius 2 is 2.05 bits per heavy atom. The summed E-state index contributed by atoms with van der Waals surface area (Å²) in [5.74, 6) is 1.68. The summed E-state index contributed by atoms with van der Waals surface area (Å²) < 4.78 is 11.9. The van der Waals surface area contributed by atoms with Gasteiger partial charge in [0.05, 0.1) is 0 Å². The summed E-state index contributed by atoms with van der Waals surface area (Å²) in [6.07, 6.45) is 3.84. The summed E-state index contributed by atoms with van der Waals surface area (Å²) in [6.45, 7) is 5.91. The number of hydrogen-bond donors (Lipinski definition) is 1. The monoisotopic (exact) mass is 325 g/mol. The van der Waals surface area contributed by atoms with Crippen molar-refractivity contribution in [2.24, 2.45) is 5.41 Å². The molecule has 1 aromatic carbocycles. The Kier molecular flexibility index (Phi) is 3.48. The van der Waals surface area contributed by atoms with Gasteiger partial charge in [0.25, 0.3) is 0 Å². The molecule has 0 spiro atoms. The zero-order chi connectivity index (χ0) is 13.5. The molecule has 1 aromatic rings. The standard InChI is InChI=1S/C15H20BrNO2/c1-15(2)4-3-11(7-15)17-8-10-5-13-14(6-12(10)16)19-9-18-13/h5-6,11,17H,3-4,7-9H2,1-2H3. The molecule has 0 bridgehead atoms. The first kappa shape index (κ1) is 13.3. The second kappa shape index (κ2) is 4.98. The molecule has 2 aliphatic rings. The van der Waals surface area contributed by atoms with Crippen LogP contribution in [0.25, 0.3) is 0 Å². The van der Waals surface area contributed by atoms with E-state index in [4.69, 9.17) is 9.47 Å². The van der Waals surface area contributed by atoms with Gasteiger partial charge in [0, 0.05) is 17.1 Å². The molecule has 0 amide bonds. The minimum absolute atomic E-state index is 0.329. The summed E-state index contributed by atoms with van der Waals surface area (Å²) in [5, 5.41) is 3.66. The number of halogens is 1. The van der Waals surface area contributed by atoms with Crippen molar-refractivity contribution in [1.82, 2.24) is 5.32 Å². The van der Waals surface area contributed by atoms with E-state index in [2.05, 4.69) is 41.2 Å². The molecule has 19 heavy (non-hydrogen) atoms. The Morgan fingerprint density at radius 1 is 1.32 bits per heavy atom. The highest BCUT2D eigenvalue weighted by Gasteiger charge is 2.30. The lowest BCUT2D eigenvalue weighted by Gasteiger charge is -2.18. The third kappa shape index (κ3) is 2.90. The zero-order valence-corrected chi connectivity index (χ0v) is 13.0. The van der Waals surface area contributed by atoms with E-state index in [1.165, 1.54) is 24.8 Å². The fourth-order valence-corrected chi connectivity index (χ4v) is 3.42. The van der Waals surface area contributed by atoms with E-state index in [1.807, 2.05) is 6.07 Å². The number of ether oxygens (including phenoxy) is 2. The first-order valence-corrected chi connectivity index (χ1v) is 7.64. The predicted octanol–water partition coefficient (Wildman–Crippen LogP) is 3.85. The Balaban J connectivity index is 1.64. The van der Waals surface area contributed by atoms with Gasteiger partial charge >= 0.3 is 0 Å². The van der Waals surface area contributed by atoms with Crippen molar-refractivity contribution in [3.05, 3.63) is 22.2 Å². The number of rotatable bonds is 3. The molecule has 1 aliphatic heterocycles. The normalized spacial score (nSPS) is 23.8. The van der Waals surface area contributed by atoms with Crippen molar-refractivity contribution in [2.75, 3.05) is 6.79 Å². The van der Waals surface area contributed by atoms with Gasteiger partial charge in [-0.05, 0) is 42.4 Å². The van der Waals surface area contributed by atoms with Crippen LogP contribution in [0.2, 0.25) is 0 Å². The van der Waals surface area contributed by atoms with Gasteiger partial charge in [-0.25, -0.2) is 0 Å². The molecular weight excluding hydrogens is 306 g/mol. The molecule has 3 nitrogen and oxygen atoms in total. The van der Waals surface area contributed by atoms with Crippen LogP contribution in [-0.4, -0.2) is 12.8 Å². The van der Waals surface area contributed by atoms with Crippen molar-refractivity contribution in [3.8, 4) is 11.5 Å². The molecule has 1 unspecified atom stereocenters. The molecule has 1 saturated carbocycles. The lowest BCUT2D eigenvalue weighted by molar-refractivity contribution is 0.174. The fourth-order valence-electron chi connectivity index (χ4n) is 2.96. The van der Waals surface area contributed by atoms with Gasteiger partial charge in [0.1, 0.15) is 0 Å². The summed E-state index contributed by atoms with van der Waals surface area (Å²) in [7, 11) is 0. The second-order valence-electron chi connectivity index (χ2n) is 6.28. The molecule has 3 rings (SSSR count). The predicted molar refractivity (Wildman–Crippen MR) is 78.5 cm³/mol. The quantitative estimate of drug-likeness (QED) is 0.915. The van der Waals surface area contributed by atoms with Crippen molar-refractivity contribution >= 4 is 15.9 Å². The Labute approximate surface area is 122 Å². The van der Waals surface area contributed by atoms with E-state index in [1.54, 1.807) is 0 Å². The maximum Gasteiger partial charge on any atom is 0.231 e. The van der Waals surface area contributed by atoms with Crippen LogP contribution in [0.3, 0.4) is 0 Å². The van der Waals surface area contributed by atoms with Gasteiger partial charge in [0.15, 0.2) is 11.5 Å². The van der Waals surface area contributed by atoms with Gasteiger partial charge in [-0.2, -0.15) is 0 Å². The number of benzene rings is 1. The van der Waals surface area contributed by atoms with Crippen LogP contribution >= 0.6 is 15.9 Å².